The van der Waals surface area contributed by atoms with Crippen LogP contribution in [-0.2, 0) is 37.0 Å². The van der Waals surface area contributed by atoms with E-state index < -0.39 is 11.3 Å². The average Bonchev–Trinajstić information content (AvgIpc) is 3.86. The summed E-state index contributed by atoms with van der Waals surface area (Å²) >= 11 is 0. The van der Waals surface area contributed by atoms with Gasteiger partial charge in [0.05, 0.1) is 33.9 Å². The molecule has 2 atom stereocenters. The molecule has 0 spiro atoms. The quantitative estimate of drug-likeness (QED) is 0.146. The van der Waals surface area contributed by atoms with Gasteiger partial charge in [-0.1, -0.05) is 91.8 Å². The van der Waals surface area contributed by atoms with Crippen molar-refractivity contribution in [3.63, 3.8) is 0 Å². The fourth-order valence-corrected chi connectivity index (χ4v) is 12.3. The van der Waals surface area contributed by atoms with Crippen molar-refractivity contribution in [3.8, 4) is 11.4 Å². The summed E-state index contributed by atoms with van der Waals surface area (Å²) in [6.45, 7) is 19.1. The molecular formula is C50H54N4+2. The largest absolute Gasteiger partial charge is 0.367 e. The molecule has 10 rings (SSSR count). The van der Waals surface area contributed by atoms with Gasteiger partial charge in [-0.2, -0.15) is 0 Å². The first-order valence-corrected chi connectivity index (χ1v) is 21.1. The minimum atomic E-state index is -0.733. The van der Waals surface area contributed by atoms with Crippen LogP contribution in [0.2, 0.25) is 0 Å². The van der Waals surface area contributed by atoms with Gasteiger partial charge in [-0.15, -0.1) is 9.15 Å². The van der Waals surface area contributed by atoms with Crippen LogP contribution in [0.3, 0.4) is 0 Å². The molecular weight excluding hydrogens is 657 g/mol. The van der Waals surface area contributed by atoms with E-state index in [9.17, 15) is 0 Å². The van der Waals surface area contributed by atoms with E-state index in [1.807, 2.05) is 0 Å². The second-order valence-corrected chi connectivity index (χ2v) is 15.7. The fraction of sp³-hybridized carbons (Fsp3) is 0.360. The lowest BCUT2D eigenvalue weighted by molar-refractivity contribution is -0.735. The van der Waals surface area contributed by atoms with Crippen LogP contribution < -0.4 is 0 Å². The summed E-state index contributed by atoms with van der Waals surface area (Å²) < 4.78 is 11.6. The van der Waals surface area contributed by atoms with Crippen LogP contribution >= 0.6 is 0 Å². The van der Waals surface area contributed by atoms with Crippen LogP contribution in [0.4, 0.5) is 0 Å². The van der Waals surface area contributed by atoms with Crippen molar-refractivity contribution < 1.29 is 9.15 Å². The van der Waals surface area contributed by atoms with E-state index in [4.69, 9.17) is 0 Å². The molecule has 2 unspecified atom stereocenters. The zero-order valence-electron chi connectivity index (χ0n) is 33.5. The summed E-state index contributed by atoms with van der Waals surface area (Å²) in [6, 6.07) is 23.4. The van der Waals surface area contributed by atoms with E-state index in [1.54, 1.807) is 0 Å². The maximum atomic E-state index is 2.91. The molecule has 272 valence electrons. The first kappa shape index (κ1) is 33.6. The summed E-state index contributed by atoms with van der Waals surface area (Å²) in [6.07, 6.45) is 18.0. The monoisotopic (exact) mass is 710 g/mol. The van der Waals surface area contributed by atoms with Gasteiger partial charge in [0.1, 0.15) is 0 Å². The van der Waals surface area contributed by atoms with E-state index >= 15 is 0 Å². The number of allylic oxidation sites excluding steroid dienone is 6. The van der Waals surface area contributed by atoms with Crippen LogP contribution in [0.15, 0.2) is 107 Å². The summed E-state index contributed by atoms with van der Waals surface area (Å²) in [4.78, 5) is 0. The van der Waals surface area contributed by atoms with Gasteiger partial charge in [0.15, 0.2) is 0 Å². The number of hydrogen-bond donors (Lipinski definition) is 0. The van der Waals surface area contributed by atoms with Crippen molar-refractivity contribution in [2.45, 2.75) is 118 Å². The maximum Gasteiger partial charge on any atom is 0.367 e. The van der Waals surface area contributed by atoms with E-state index in [-0.39, 0.29) is 0 Å². The molecule has 4 nitrogen and oxygen atoms in total. The maximum absolute atomic E-state index is 2.91. The predicted molar refractivity (Wildman–Crippen MR) is 223 cm³/mol. The molecule has 0 amide bonds. The normalized spacial score (nSPS) is 22.7. The Labute approximate surface area is 321 Å². The Balaban J connectivity index is 1.63. The van der Waals surface area contributed by atoms with Crippen LogP contribution in [0, 0.1) is 0 Å². The molecule has 6 aliphatic rings. The first-order chi connectivity index (χ1) is 26.5. The van der Waals surface area contributed by atoms with E-state index in [0.29, 0.717) is 0 Å². The van der Waals surface area contributed by atoms with E-state index in [2.05, 4.69) is 159 Å². The predicted octanol–water partition coefficient (Wildman–Crippen LogP) is 11.1. The molecule has 4 heteroatoms. The van der Waals surface area contributed by atoms with Gasteiger partial charge in [-0.3, -0.25) is 9.13 Å². The van der Waals surface area contributed by atoms with Crippen LogP contribution in [0.1, 0.15) is 126 Å². The molecule has 0 radical (unpaired) electrons. The van der Waals surface area contributed by atoms with Gasteiger partial charge in [0, 0.05) is 34.4 Å². The molecule has 2 aromatic carbocycles. The third kappa shape index (κ3) is 3.45. The first-order valence-electron chi connectivity index (χ1n) is 21.1. The Morgan fingerprint density at radius 3 is 1.07 bits per heavy atom. The Morgan fingerprint density at radius 1 is 0.407 bits per heavy atom. The van der Waals surface area contributed by atoms with Crippen molar-refractivity contribution in [3.05, 3.63) is 151 Å². The third-order valence-corrected chi connectivity index (χ3v) is 13.9. The summed E-state index contributed by atoms with van der Waals surface area (Å²) in [7, 11) is 0. The number of rotatable bonds is 10. The highest BCUT2D eigenvalue weighted by molar-refractivity contribution is 6.13. The minimum absolute atomic E-state index is 0.733. The number of aromatic nitrogens is 2. The number of benzene rings is 2. The molecule has 0 saturated heterocycles. The SMILES string of the molecule is CCC1=C(CC)C2=[N+]3C1=C1C(CC)=C(CC)C4=[N+]1C1(c5ccccc5)n5c(c(CC)c(CC)c5-c5c(CC)c(CC)c(n5C31c1ccccc1)C=C2)C=C4. The molecule has 0 aliphatic carbocycles. The van der Waals surface area contributed by atoms with Crippen LogP contribution in [0.25, 0.3) is 23.5 Å². The van der Waals surface area contributed by atoms with E-state index in [0.717, 1.165) is 51.4 Å². The van der Waals surface area contributed by atoms with Gasteiger partial charge in [-0.25, -0.2) is 0 Å². The Kier molecular flexibility index (Phi) is 7.32. The van der Waals surface area contributed by atoms with Gasteiger partial charge in [-0.05, 0) is 110 Å². The standard InChI is InChI=1S/C50H54N4/c1-9-33-37(13-5)45-46-38(14-6)34(10-2)43-29-30-44-36(12-4)40(16-8)48-47-39(15-7)35(11-3)42-28-27-41(33)51(45)49(53(42)47,31-23-19-17-20-24-31)50(52(43)46,54(44)48)32-25-21-18-22-26-32/h17-30H,9-16H2,1-8H3/q+2. The molecule has 6 aliphatic heterocycles. The molecule has 0 fully saturated rings. The number of nitrogens with zero attached hydrogens (tertiary/aromatic N) is 4. The number of fused-ring (bicyclic) bond motifs is 1. The Bertz CT molecular complexity index is 2370. The average molecular weight is 711 g/mol. The number of hydrogen-bond acceptors (Lipinski definition) is 0. The summed E-state index contributed by atoms with van der Waals surface area (Å²) in [5, 5.41) is 0. The smallest absolute Gasteiger partial charge is 0.266 e. The van der Waals surface area contributed by atoms with Gasteiger partial charge in [0.2, 0.25) is 11.4 Å². The lowest BCUT2D eigenvalue weighted by atomic mass is 9.73. The van der Waals surface area contributed by atoms with Gasteiger partial charge in [0.25, 0.3) is 11.4 Å². The highest BCUT2D eigenvalue weighted by Crippen LogP contribution is 2.66. The van der Waals surface area contributed by atoms with E-state index in [1.165, 1.54) is 101 Å². The minimum Gasteiger partial charge on any atom is -0.266 e. The zero-order valence-corrected chi connectivity index (χ0v) is 33.5. The van der Waals surface area contributed by atoms with Crippen molar-refractivity contribution in [1.29, 1.82) is 0 Å². The lowest BCUT2D eigenvalue weighted by Gasteiger charge is -2.51. The zero-order chi connectivity index (χ0) is 37.3. The van der Waals surface area contributed by atoms with Gasteiger partial charge < -0.3 is 0 Å². The van der Waals surface area contributed by atoms with Crippen LogP contribution in [-0.4, -0.2) is 29.7 Å². The molecule has 54 heavy (non-hydrogen) atoms. The summed E-state index contributed by atoms with van der Waals surface area (Å²) in [5.74, 6) is 0. The second kappa shape index (κ2) is 11.8. The molecule has 0 N–H and O–H groups in total. The van der Waals surface area contributed by atoms with Gasteiger partial charge >= 0.3 is 11.3 Å². The van der Waals surface area contributed by atoms with Crippen LogP contribution in [0.5, 0.6) is 0 Å². The van der Waals surface area contributed by atoms with Crippen molar-refractivity contribution in [2.75, 3.05) is 0 Å². The topological polar surface area (TPSA) is 15.9 Å². The molecule has 4 aromatic rings. The molecule has 0 bridgehead atoms. The highest BCUT2D eigenvalue weighted by Gasteiger charge is 2.83. The Morgan fingerprint density at radius 2 is 0.759 bits per heavy atom. The van der Waals surface area contributed by atoms with Crippen molar-refractivity contribution in [2.24, 2.45) is 0 Å². The van der Waals surface area contributed by atoms with Crippen molar-refractivity contribution in [1.82, 2.24) is 9.13 Å². The fourth-order valence-electron chi connectivity index (χ4n) is 12.3. The lowest BCUT2D eigenvalue weighted by Crippen LogP contribution is -2.73. The molecule has 8 heterocycles. The summed E-state index contributed by atoms with van der Waals surface area (Å²) in [5.41, 5.74) is 24.3. The van der Waals surface area contributed by atoms with Crippen molar-refractivity contribution >= 4 is 23.6 Å². The molecule has 0 saturated carbocycles. The Hall–Kier alpha value is -4.96. The highest BCUT2D eigenvalue weighted by atomic mass is 15.5. The second-order valence-electron chi connectivity index (χ2n) is 15.7. The third-order valence-electron chi connectivity index (χ3n) is 13.9. The molecule has 2 aromatic heterocycles.